The van der Waals surface area contributed by atoms with E-state index >= 15 is 0 Å². The minimum absolute atomic E-state index is 0.0107. The van der Waals surface area contributed by atoms with Crippen molar-refractivity contribution in [2.45, 2.75) is 63.3 Å². The molecule has 1 saturated carbocycles. The lowest BCUT2D eigenvalue weighted by atomic mass is 9.85. The molecule has 5 rings (SSSR count). The Bertz CT molecular complexity index is 1180. The molecule has 1 aliphatic carbocycles. The number of ether oxygens (including phenoxy) is 2. The fourth-order valence-corrected chi connectivity index (χ4v) is 5.13. The Labute approximate surface area is 215 Å². The van der Waals surface area contributed by atoms with Crippen molar-refractivity contribution in [1.82, 2.24) is 10.2 Å². The van der Waals surface area contributed by atoms with Crippen molar-refractivity contribution >= 4 is 23.4 Å². The Kier molecular flexibility index (Phi) is 7.41. The summed E-state index contributed by atoms with van der Waals surface area (Å²) in [5.74, 6) is -0.300. The van der Waals surface area contributed by atoms with Crippen molar-refractivity contribution in [3.05, 3.63) is 59.4 Å². The first-order valence-electron chi connectivity index (χ1n) is 12.9. The Hall–Kier alpha value is -3.46. The molecule has 9 heteroatoms. The summed E-state index contributed by atoms with van der Waals surface area (Å²) in [5, 5.41) is 5.68. The zero-order valence-corrected chi connectivity index (χ0v) is 20.9. The maximum Gasteiger partial charge on any atom is 0.257 e. The Morgan fingerprint density at radius 3 is 2.68 bits per heavy atom. The molecular formula is C28H32FN3O5. The highest BCUT2D eigenvalue weighted by atomic mass is 19.1. The molecule has 0 unspecified atom stereocenters. The van der Waals surface area contributed by atoms with Crippen molar-refractivity contribution in [3.63, 3.8) is 0 Å². The van der Waals surface area contributed by atoms with E-state index in [1.54, 1.807) is 48.3 Å². The summed E-state index contributed by atoms with van der Waals surface area (Å²) in [6, 6.07) is 11.3. The van der Waals surface area contributed by atoms with Crippen molar-refractivity contribution in [3.8, 4) is 5.75 Å². The summed E-state index contributed by atoms with van der Waals surface area (Å²) in [4.78, 5) is 39.9. The molecule has 3 amide bonds. The van der Waals surface area contributed by atoms with Gasteiger partial charge in [0.25, 0.3) is 5.91 Å². The van der Waals surface area contributed by atoms with Gasteiger partial charge >= 0.3 is 0 Å². The van der Waals surface area contributed by atoms with Gasteiger partial charge in [0.1, 0.15) is 24.3 Å². The van der Waals surface area contributed by atoms with Gasteiger partial charge in [-0.15, -0.1) is 0 Å². The molecule has 3 atom stereocenters. The van der Waals surface area contributed by atoms with Crippen molar-refractivity contribution < 1.29 is 28.2 Å². The van der Waals surface area contributed by atoms with Crippen LogP contribution in [0, 0.1) is 11.7 Å². The van der Waals surface area contributed by atoms with Crippen molar-refractivity contribution in [2.75, 3.05) is 19.0 Å². The van der Waals surface area contributed by atoms with Gasteiger partial charge in [0.2, 0.25) is 11.8 Å². The molecule has 1 saturated heterocycles. The molecule has 196 valence electrons. The predicted molar refractivity (Wildman–Crippen MR) is 135 cm³/mol. The van der Waals surface area contributed by atoms with E-state index in [9.17, 15) is 18.8 Å². The smallest absolute Gasteiger partial charge is 0.257 e. The summed E-state index contributed by atoms with van der Waals surface area (Å²) in [6.45, 7) is 0.348. The van der Waals surface area contributed by atoms with Gasteiger partial charge in [-0.1, -0.05) is 24.6 Å². The molecule has 2 aromatic carbocycles. The van der Waals surface area contributed by atoms with Gasteiger partial charge in [-0.25, -0.2) is 4.39 Å². The third-order valence-electron chi connectivity index (χ3n) is 7.60. The summed E-state index contributed by atoms with van der Waals surface area (Å²) in [7, 11) is 1.75. The van der Waals surface area contributed by atoms with Crippen LogP contribution in [0.5, 0.6) is 5.75 Å². The largest absolute Gasteiger partial charge is 0.490 e. The average Bonchev–Trinajstić information content (AvgIpc) is 2.85. The molecule has 3 aliphatic rings. The maximum absolute atomic E-state index is 13.8. The summed E-state index contributed by atoms with van der Waals surface area (Å²) >= 11 is 0. The monoisotopic (exact) mass is 509 g/mol. The Morgan fingerprint density at radius 2 is 1.92 bits per heavy atom. The van der Waals surface area contributed by atoms with E-state index in [-0.39, 0.29) is 61.2 Å². The zero-order chi connectivity index (χ0) is 25.9. The van der Waals surface area contributed by atoms with Crippen LogP contribution >= 0.6 is 0 Å². The van der Waals surface area contributed by atoms with Crippen LogP contribution in [-0.4, -0.2) is 54.5 Å². The van der Waals surface area contributed by atoms with E-state index in [0.717, 1.165) is 19.3 Å². The number of carbonyl (C=O) groups excluding carboxylic acids is 3. The second-order valence-corrected chi connectivity index (χ2v) is 10.1. The standard InChI is InChI=1S/C28H32FN3O5/c1-32-23-11-10-20(14-26(33)30-15-18-5-2-3-8-22(18)29)37-25(23)16-36-24-12-9-19(13-21(24)28(32)35)31-27(34)17-6-4-7-17/h2-3,5,8-9,12-13,17,20,23,25H,4,6-7,10-11,14-16H2,1H3,(H,30,33)(H,31,34)/t20-,23-,25+/m0/s1. The van der Waals surface area contributed by atoms with E-state index in [1.165, 1.54) is 6.07 Å². The summed E-state index contributed by atoms with van der Waals surface area (Å²) < 4.78 is 26.0. The van der Waals surface area contributed by atoms with Crippen LogP contribution in [0.15, 0.2) is 42.5 Å². The molecule has 2 fully saturated rings. The van der Waals surface area contributed by atoms with Gasteiger partial charge in [-0.3, -0.25) is 14.4 Å². The van der Waals surface area contributed by atoms with Crippen LogP contribution in [0.25, 0.3) is 0 Å². The number of halogens is 1. The number of amides is 3. The molecular weight excluding hydrogens is 477 g/mol. The van der Waals surface area contributed by atoms with Gasteiger partial charge in [-0.2, -0.15) is 0 Å². The topological polar surface area (TPSA) is 97.0 Å². The van der Waals surface area contributed by atoms with Gasteiger partial charge in [0.15, 0.2) is 0 Å². The number of anilines is 1. The second-order valence-electron chi connectivity index (χ2n) is 10.1. The molecule has 2 aromatic rings. The Morgan fingerprint density at radius 1 is 1.11 bits per heavy atom. The molecule has 0 radical (unpaired) electrons. The average molecular weight is 510 g/mol. The molecule has 0 bridgehead atoms. The number of hydrogen-bond donors (Lipinski definition) is 2. The second kappa shape index (κ2) is 10.9. The van der Waals surface area contributed by atoms with Crippen LogP contribution in [0.2, 0.25) is 0 Å². The SMILES string of the molecule is CN1C(=O)c2cc(NC(=O)C3CCC3)ccc2OC[C@H]2O[C@H](CC(=O)NCc3ccccc3F)CC[C@@H]21. The minimum Gasteiger partial charge on any atom is -0.490 e. The highest BCUT2D eigenvalue weighted by Gasteiger charge is 2.39. The van der Waals surface area contributed by atoms with Gasteiger partial charge in [0, 0.05) is 30.8 Å². The number of fused-ring (bicyclic) bond motifs is 2. The lowest BCUT2D eigenvalue weighted by Crippen LogP contribution is -2.53. The van der Waals surface area contributed by atoms with Crippen LogP contribution in [0.1, 0.15) is 54.4 Å². The van der Waals surface area contributed by atoms with Gasteiger partial charge in [-0.05, 0) is 49.9 Å². The quantitative estimate of drug-likeness (QED) is 0.620. The highest BCUT2D eigenvalue weighted by Crippen LogP contribution is 2.33. The maximum atomic E-state index is 13.8. The van der Waals surface area contributed by atoms with E-state index in [0.29, 0.717) is 35.4 Å². The van der Waals surface area contributed by atoms with E-state index < -0.39 is 6.10 Å². The molecule has 2 N–H and O–H groups in total. The molecule has 37 heavy (non-hydrogen) atoms. The van der Waals surface area contributed by atoms with Crippen LogP contribution in [-0.2, 0) is 20.9 Å². The van der Waals surface area contributed by atoms with Crippen molar-refractivity contribution in [1.29, 1.82) is 0 Å². The van der Waals surface area contributed by atoms with Crippen LogP contribution in [0.4, 0.5) is 10.1 Å². The molecule has 8 nitrogen and oxygen atoms in total. The number of carbonyl (C=O) groups is 3. The molecule has 0 spiro atoms. The fraction of sp³-hybridized carbons (Fsp3) is 0.464. The summed E-state index contributed by atoms with van der Waals surface area (Å²) in [6.07, 6.45) is 3.58. The van der Waals surface area contributed by atoms with Gasteiger partial charge in [0.05, 0.1) is 24.1 Å². The highest BCUT2D eigenvalue weighted by molar-refractivity contribution is 6.00. The third-order valence-corrected chi connectivity index (χ3v) is 7.60. The Balaban J connectivity index is 1.20. The lowest BCUT2D eigenvalue weighted by Gasteiger charge is -2.42. The van der Waals surface area contributed by atoms with Gasteiger partial charge < -0.3 is 25.0 Å². The lowest BCUT2D eigenvalue weighted by molar-refractivity contribution is -0.134. The van der Waals surface area contributed by atoms with E-state index in [1.807, 2.05) is 0 Å². The molecule has 0 aromatic heterocycles. The normalized spacial score (nSPS) is 23.5. The summed E-state index contributed by atoms with van der Waals surface area (Å²) in [5.41, 5.74) is 1.42. The number of benzene rings is 2. The van der Waals surface area contributed by atoms with E-state index in [2.05, 4.69) is 10.6 Å². The van der Waals surface area contributed by atoms with Crippen LogP contribution < -0.4 is 15.4 Å². The first-order chi connectivity index (χ1) is 17.9. The van der Waals surface area contributed by atoms with Crippen molar-refractivity contribution in [2.24, 2.45) is 5.92 Å². The number of hydrogen-bond acceptors (Lipinski definition) is 5. The fourth-order valence-electron chi connectivity index (χ4n) is 5.13. The molecule has 2 aliphatic heterocycles. The first kappa shape index (κ1) is 25.2. The number of rotatable bonds is 6. The zero-order valence-electron chi connectivity index (χ0n) is 20.9. The third kappa shape index (κ3) is 5.61. The minimum atomic E-state index is -0.391. The van der Waals surface area contributed by atoms with Crippen LogP contribution in [0.3, 0.4) is 0 Å². The molecule has 2 heterocycles. The number of nitrogens with one attached hydrogen (secondary N) is 2. The number of nitrogens with zero attached hydrogens (tertiary/aromatic N) is 1. The number of likely N-dealkylation sites (N-methyl/N-ethyl adjacent to an activating group) is 1. The van der Waals surface area contributed by atoms with E-state index in [4.69, 9.17) is 9.47 Å². The first-order valence-corrected chi connectivity index (χ1v) is 12.9. The predicted octanol–water partition coefficient (Wildman–Crippen LogP) is 3.65.